The average molecular weight is 515 g/mol. The monoisotopic (exact) mass is 512 g/mol. The van der Waals surface area contributed by atoms with E-state index in [1.54, 1.807) is 0 Å². The van der Waals surface area contributed by atoms with Gasteiger partial charge in [0.05, 0.1) is 0 Å². The molecule has 4 heteroatoms. The summed E-state index contributed by atoms with van der Waals surface area (Å²) < 4.78 is 2.24. The zero-order chi connectivity index (χ0) is 18.3. The molecule has 0 aromatic carbocycles. The largest absolute Gasteiger partial charge is 1.00 e. The van der Waals surface area contributed by atoms with E-state index in [2.05, 4.69) is 75.5 Å². The van der Waals surface area contributed by atoms with Gasteiger partial charge in [0, 0.05) is 0 Å². The third-order valence-corrected chi connectivity index (χ3v) is 29.3. The van der Waals surface area contributed by atoms with Crippen molar-refractivity contribution in [3.63, 3.8) is 0 Å². The molecule has 0 bridgehead atoms. The zero-order valence-corrected chi connectivity index (χ0v) is 22.8. The molecule has 4 aliphatic rings. The van der Waals surface area contributed by atoms with Crippen LogP contribution in [0.25, 0.3) is 0 Å². The minimum atomic E-state index is -1.56. The Balaban J connectivity index is 0.00000140. The maximum absolute atomic E-state index is 2.71. The quantitative estimate of drug-likeness (QED) is 0.492. The Bertz CT molecular complexity index is 637. The minimum absolute atomic E-state index is 0. The van der Waals surface area contributed by atoms with Crippen LogP contribution in [0.2, 0.25) is 20.3 Å². The van der Waals surface area contributed by atoms with Gasteiger partial charge in [-0.15, -0.1) is 0 Å². The van der Waals surface area contributed by atoms with E-state index >= 15 is 0 Å². The number of rotatable bonds is 4. The fourth-order valence-corrected chi connectivity index (χ4v) is 32.3. The molecule has 0 saturated heterocycles. The average Bonchev–Trinajstić information content (AvgIpc) is 3.21. The Morgan fingerprint density at radius 3 is 1.46 bits per heavy atom. The first-order chi connectivity index (χ1) is 12.7. The molecule has 4 rings (SSSR count). The molecule has 2 fully saturated rings. The van der Waals surface area contributed by atoms with E-state index in [1.807, 2.05) is 0 Å². The molecular formula is C24H36Cl2SiZr. The summed E-state index contributed by atoms with van der Waals surface area (Å²) in [6, 6.07) is 0. The molecule has 0 radical (unpaired) electrons. The van der Waals surface area contributed by atoms with Crippen molar-refractivity contribution in [2.24, 2.45) is 35.5 Å². The SMILES string of the molecule is CCC1CC2C=CC=CC2[CH]1[Zr+2]([CH]1C(CC)CC2C=CC=CC21)=[Si](C)C.[Cl-].[Cl-]. The van der Waals surface area contributed by atoms with Crippen LogP contribution in [0.5, 0.6) is 0 Å². The van der Waals surface area contributed by atoms with Gasteiger partial charge in [-0.2, -0.15) is 0 Å². The van der Waals surface area contributed by atoms with E-state index in [4.69, 9.17) is 0 Å². The van der Waals surface area contributed by atoms with Crippen molar-refractivity contribution >= 4 is 5.43 Å². The van der Waals surface area contributed by atoms with Gasteiger partial charge >= 0.3 is 170 Å². The molecule has 2 saturated carbocycles. The van der Waals surface area contributed by atoms with E-state index in [9.17, 15) is 0 Å². The van der Waals surface area contributed by atoms with Gasteiger partial charge in [-0.25, -0.2) is 0 Å². The Labute approximate surface area is 193 Å². The third kappa shape index (κ3) is 4.46. The van der Waals surface area contributed by atoms with Gasteiger partial charge in [0.25, 0.3) is 0 Å². The van der Waals surface area contributed by atoms with Crippen LogP contribution in [0.15, 0.2) is 48.6 Å². The van der Waals surface area contributed by atoms with Crippen LogP contribution in [-0.4, -0.2) is 5.43 Å². The summed E-state index contributed by atoms with van der Waals surface area (Å²) in [7, 11) is 0. The molecule has 0 heterocycles. The first kappa shape index (κ1) is 24.9. The second kappa shape index (κ2) is 10.8. The normalized spacial score (nSPS) is 39.4. The van der Waals surface area contributed by atoms with Crippen LogP contribution in [0.1, 0.15) is 39.5 Å². The first-order valence-electron chi connectivity index (χ1n) is 11.0. The van der Waals surface area contributed by atoms with Gasteiger partial charge < -0.3 is 24.8 Å². The summed E-state index contributed by atoms with van der Waals surface area (Å²) in [5.41, 5.74) is -0.142. The molecule has 0 aromatic heterocycles. The second-order valence-corrected chi connectivity index (χ2v) is 27.6. The molecule has 0 amide bonds. The third-order valence-electron chi connectivity index (χ3n) is 7.93. The van der Waals surface area contributed by atoms with Gasteiger partial charge in [-0.1, -0.05) is 0 Å². The van der Waals surface area contributed by atoms with Crippen LogP contribution in [0, 0.1) is 35.5 Å². The van der Waals surface area contributed by atoms with Crippen LogP contribution in [0.4, 0.5) is 0 Å². The number of allylic oxidation sites excluding steroid dienone is 8. The van der Waals surface area contributed by atoms with Crippen molar-refractivity contribution < 1.29 is 45.2 Å². The number of halogens is 2. The van der Waals surface area contributed by atoms with E-state index < -0.39 is 20.4 Å². The predicted molar refractivity (Wildman–Crippen MR) is 112 cm³/mol. The van der Waals surface area contributed by atoms with Crippen LogP contribution in [0.3, 0.4) is 0 Å². The number of hydrogen-bond donors (Lipinski definition) is 0. The zero-order valence-electron chi connectivity index (χ0n) is 17.8. The Hall–Kier alpha value is 0.640. The van der Waals surface area contributed by atoms with E-state index in [0.717, 1.165) is 42.8 Å². The Morgan fingerprint density at radius 1 is 0.714 bits per heavy atom. The maximum Gasteiger partial charge on any atom is -1.00 e. The maximum atomic E-state index is 2.71. The van der Waals surface area contributed by atoms with Crippen molar-refractivity contribution in [2.45, 2.75) is 59.9 Å². The van der Waals surface area contributed by atoms with Crippen molar-refractivity contribution in [3.8, 4) is 0 Å². The smallest absolute Gasteiger partial charge is 1.00 e. The fourth-order valence-electron chi connectivity index (χ4n) is 6.86. The van der Waals surface area contributed by atoms with Gasteiger partial charge in [0.1, 0.15) is 0 Å². The molecule has 0 aromatic rings. The first-order valence-corrected chi connectivity index (χ1v) is 20.0. The molecule has 0 N–H and O–H groups in total. The summed E-state index contributed by atoms with van der Waals surface area (Å²) in [5.74, 6) is 5.58. The minimum Gasteiger partial charge on any atom is -1.00 e. The Morgan fingerprint density at radius 2 is 1.11 bits per heavy atom. The molecule has 0 nitrogen and oxygen atoms in total. The molecular weight excluding hydrogens is 478 g/mol. The molecule has 154 valence electrons. The summed E-state index contributed by atoms with van der Waals surface area (Å²) in [4.78, 5) is 0. The van der Waals surface area contributed by atoms with Crippen molar-refractivity contribution in [2.75, 3.05) is 0 Å². The van der Waals surface area contributed by atoms with Crippen molar-refractivity contribution in [1.82, 2.24) is 0 Å². The van der Waals surface area contributed by atoms with Gasteiger partial charge in [-0.05, 0) is 0 Å². The van der Waals surface area contributed by atoms with E-state index in [0.29, 0.717) is 0 Å². The standard InChI is InChI=1S/2C11H15.C2H6Si.2ClH.Zr/c2*1-2-9-7-10-5-3-4-6-11(10)8-9;1-3-2;;;/h2*3-7,9-11H,2,8H2,1H3;1-2H3;2*1H;/q;;;;;+2/p-2. The van der Waals surface area contributed by atoms with E-state index in [-0.39, 0.29) is 30.2 Å². The molecule has 0 spiro atoms. The van der Waals surface area contributed by atoms with Crippen LogP contribution < -0.4 is 24.8 Å². The second-order valence-electron chi connectivity index (χ2n) is 9.34. The van der Waals surface area contributed by atoms with Crippen molar-refractivity contribution in [3.05, 3.63) is 48.6 Å². The fraction of sp³-hybridized carbons (Fsp3) is 0.667. The topological polar surface area (TPSA) is 0 Å². The number of hydrogen-bond acceptors (Lipinski definition) is 0. The van der Waals surface area contributed by atoms with Crippen LogP contribution in [-0.2, 0) is 20.4 Å². The summed E-state index contributed by atoms with van der Waals surface area (Å²) >= 11 is -1.56. The predicted octanol–water partition coefficient (Wildman–Crippen LogP) is 1.02. The summed E-state index contributed by atoms with van der Waals surface area (Å²) in [6.07, 6.45) is 25.6. The summed E-state index contributed by atoms with van der Waals surface area (Å²) in [6.45, 7) is 10.4. The molecule has 0 aliphatic heterocycles. The summed E-state index contributed by atoms with van der Waals surface area (Å²) in [5, 5.41) is 0. The molecule has 28 heavy (non-hydrogen) atoms. The van der Waals surface area contributed by atoms with E-state index in [1.165, 1.54) is 25.7 Å². The van der Waals surface area contributed by atoms with Crippen molar-refractivity contribution in [1.29, 1.82) is 0 Å². The molecule has 4 aliphatic carbocycles. The number of fused-ring (bicyclic) bond motifs is 2. The van der Waals surface area contributed by atoms with Gasteiger partial charge in [0.2, 0.25) is 0 Å². The molecule has 8 atom stereocenters. The van der Waals surface area contributed by atoms with Gasteiger partial charge in [0.15, 0.2) is 0 Å². The Kier molecular flexibility index (Phi) is 9.60. The molecule has 8 unspecified atom stereocenters. The van der Waals surface area contributed by atoms with Crippen LogP contribution >= 0.6 is 0 Å². The van der Waals surface area contributed by atoms with Gasteiger partial charge in [-0.3, -0.25) is 0 Å².